The van der Waals surface area contributed by atoms with Crippen molar-refractivity contribution in [3.8, 4) is 0 Å². The molecule has 0 saturated carbocycles. The molecule has 0 radical (unpaired) electrons. The molecule has 0 atom stereocenters. The van der Waals surface area contributed by atoms with Crippen molar-refractivity contribution in [2.75, 3.05) is 24.5 Å². The Morgan fingerprint density at radius 1 is 1.41 bits per heavy atom. The zero-order valence-corrected chi connectivity index (χ0v) is 12.3. The van der Waals surface area contributed by atoms with Gasteiger partial charge < -0.3 is 10.6 Å². The third kappa shape index (κ3) is 3.02. The van der Waals surface area contributed by atoms with Crippen LogP contribution in [0.25, 0.3) is 0 Å². The van der Waals surface area contributed by atoms with Crippen molar-refractivity contribution in [1.82, 2.24) is 0 Å². The number of hydrogen-bond donors (Lipinski definition) is 1. The Morgan fingerprint density at radius 3 is 2.71 bits per heavy atom. The highest BCUT2D eigenvalue weighted by Gasteiger charge is 2.29. The van der Waals surface area contributed by atoms with Crippen molar-refractivity contribution >= 4 is 21.6 Å². The van der Waals surface area contributed by atoms with Crippen LogP contribution in [-0.4, -0.2) is 19.6 Å². The topological polar surface area (TPSA) is 29.3 Å². The summed E-state index contributed by atoms with van der Waals surface area (Å²) in [5.41, 5.74) is 8.64. The second kappa shape index (κ2) is 4.99. The second-order valence-electron chi connectivity index (χ2n) is 5.66. The van der Waals surface area contributed by atoms with Crippen molar-refractivity contribution in [3.63, 3.8) is 0 Å². The molecule has 3 heteroatoms. The molecule has 2 rings (SSSR count). The van der Waals surface area contributed by atoms with Crippen LogP contribution in [0.5, 0.6) is 0 Å². The number of rotatable bonds is 3. The Hall–Kier alpha value is -0.540. The van der Waals surface area contributed by atoms with Crippen molar-refractivity contribution < 1.29 is 0 Å². The third-order valence-corrected chi connectivity index (χ3v) is 4.10. The summed E-state index contributed by atoms with van der Waals surface area (Å²) in [6, 6.07) is 6.61. The average molecular weight is 297 g/mol. The highest BCUT2D eigenvalue weighted by molar-refractivity contribution is 9.10. The Kier molecular flexibility index (Phi) is 3.79. The number of nitrogens with two attached hydrogens (primary N) is 1. The lowest BCUT2D eigenvalue weighted by atomic mass is 9.93. The highest BCUT2D eigenvalue weighted by Crippen LogP contribution is 2.36. The fourth-order valence-corrected chi connectivity index (χ4v) is 3.12. The molecule has 1 aromatic rings. The van der Waals surface area contributed by atoms with Gasteiger partial charge in [-0.15, -0.1) is 0 Å². The summed E-state index contributed by atoms with van der Waals surface area (Å²) < 4.78 is 1.20. The first-order chi connectivity index (χ1) is 8.02. The molecule has 0 unspecified atom stereocenters. The zero-order chi connectivity index (χ0) is 12.5. The van der Waals surface area contributed by atoms with Crippen LogP contribution in [-0.2, 0) is 6.42 Å². The highest BCUT2D eigenvalue weighted by atomic mass is 79.9. The molecule has 0 amide bonds. The standard InChI is InChI=1S/C14H21BrN2/c1-14(2)6-8-17(10-14)13-4-3-11(5-7-16)9-12(13)15/h3-4,9H,5-8,10,16H2,1-2H3. The molecule has 0 aliphatic carbocycles. The maximum absolute atomic E-state index is 5.58. The Bertz CT molecular complexity index is 401. The molecular formula is C14H21BrN2. The molecular weight excluding hydrogens is 276 g/mol. The van der Waals surface area contributed by atoms with Crippen LogP contribution in [0.1, 0.15) is 25.8 Å². The van der Waals surface area contributed by atoms with Crippen LogP contribution >= 0.6 is 15.9 Å². The van der Waals surface area contributed by atoms with E-state index in [2.05, 4.69) is 52.9 Å². The second-order valence-corrected chi connectivity index (χ2v) is 6.51. The molecule has 1 saturated heterocycles. The molecule has 0 spiro atoms. The Labute approximate surface area is 112 Å². The minimum atomic E-state index is 0.440. The lowest BCUT2D eigenvalue weighted by Gasteiger charge is -2.23. The van der Waals surface area contributed by atoms with Crippen molar-refractivity contribution in [1.29, 1.82) is 0 Å². The lowest BCUT2D eigenvalue weighted by molar-refractivity contribution is 0.418. The van der Waals surface area contributed by atoms with E-state index in [1.54, 1.807) is 0 Å². The van der Waals surface area contributed by atoms with E-state index in [0.29, 0.717) is 12.0 Å². The van der Waals surface area contributed by atoms with Gasteiger partial charge in [-0.1, -0.05) is 19.9 Å². The molecule has 17 heavy (non-hydrogen) atoms. The average Bonchev–Trinajstić information content (AvgIpc) is 2.59. The zero-order valence-electron chi connectivity index (χ0n) is 10.7. The first kappa shape index (κ1) is 12.9. The molecule has 1 heterocycles. The van der Waals surface area contributed by atoms with Crippen LogP contribution in [0.15, 0.2) is 22.7 Å². The molecule has 1 aliphatic heterocycles. The summed E-state index contributed by atoms with van der Waals surface area (Å²) in [6.07, 6.45) is 2.22. The molecule has 2 nitrogen and oxygen atoms in total. The van der Waals surface area contributed by atoms with E-state index in [1.807, 2.05) is 0 Å². The van der Waals surface area contributed by atoms with Crippen molar-refractivity contribution in [2.24, 2.45) is 11.1 Å². The quantitative estimate of drug-likeness (QED) is 0.928. The van der Waals surface area contributed by atoms with Gasteiger partial charge in [-0.3, -0.25) is 0 Å². The van der Waals surface area contributed by atoms with Gasteiger partial charge in [0.15, 0.2) is 0 Å². The van der Waals surface area contributed by atoms with Crippen LogP contribution in [0.3, 0.4) is 0 Å². The first-order valence-electron chi connectivity index (χ1n) is 6.25. The molecule has 94 valence electrons. The van der Waals surface area contributed by atoms with E-state index in [4.69, 9.17) is 5.73 Å². The fourth-order valence-electron chi connectivity index (χ4n) is 2.45. The summed E-state index contributed by atoms with van der Waals surface area (Å²) in [7, 11) is 0. The number of halogens is 1. The number of anilines is 1. The van der Waals surface area contributed by atoms with Gasteiger partial charge in [0.1, 0.15) is 0 Å². The monoisotopic (exact) mass is 296 g/mol. The SMILES string of the molecule is CC1(C)CCN(c2ccc(CCN)cc2Br)C1. The molecule has 0 bridgehead atoms. The molecule has 1 aromatic carbocycles. The Balaban J connectivity index is 2.17. The summed E-state index contributed by atoms with van der Waals surface area (Å²) in [4.78, 5) is 2.47. The third-order valence-electron chi connectivity index (χ3n) is 3.46. The van der Waals surface area contributed by atoms with E-state index >= 15 is 0 Å². The molecule has 2 N–H and O–H groups in total. The first-order valence-corrected chi connectivity index (χ1v) is 7.04. The van der Waals surface area contributed by atoms with Gasteiger partial charge in [-0.25, -0.2) is 0 Å². The normalized spacial score (nSPS) is 18.7. The largest absolute Gasteiger partial charge is 0.370 e. The van der Waals surface area contributed by atoms with Gasteiger partial charge in [0.05, 0.1) is 5.69 Å². The van der Waals surface area contributed by atoms with Gasteiger partial charge in [0.25, 0.3) is 0 Å². The van der Waals surface area contributed by atoms with Crippen molar-refractivity contribution in [3.05, 3.63) is 28.2 Å². The fraction of sp³-hybridized carbons (Fsp3) is 0.571. The summed E-state index contributed by atoms with van der Waals surface area (Å²) >= 11 is 3.68. The van der Waals surface area contributed by atoms with Crippen LogP contribution < -0.4 is 10.6 Å². The van der Waals surface area contributed by atoms with Gasteiger partial charge >= 0.3 is 0 Å². The van der Waals surface area contributed by atoms with Gasteiger partial charge in [-0.05, 0) is 58.4 Å². The maximum atomic E-state index is 5.58. The van der Waals surface area contributed by atoms with Crippen LogP contribution in [0.4, 0.5) is 5.69 Å². The van der Waals surface area contributed by atoms with E-state index in [0.717, 1.165) is 19.5 Å². The predicted octanol–water partition coefficient (Wildman–Crippen LogP) is 3.19. The predicted molar refractivity (Wildman–Crippen MR) is 77.5 cm³/mol. The van der Waals surface area contributed by atoms with E-state index in [1.165, 1.54) is 22.1 Å². The van der Waals surface area contributed by atoms with E-state index in [-0.39, 0.29) is 0 Å². The minimum Gasteiger partial charge on any atom is -0.370 e. The van der Waals surface area contributed by atoms with E-state index in [9.17, 15) is 0 Å². The van der Waals surface area contributed by atoms with Gasteiger partial charge in [0, 0.05) is 17.6 Å². The van der Waals surface area contributed by atoms with E-state index < -0.39 is 0 Å². The smallest absolute Gasteiger partial charge is 0.0511 e. The maximum Gasteiger partial charge on any atom is 0.0511 e. The van der Waals surface area contributed by atoms with Gasteiger partial charge in [-0.2, -0.15) is 0 Å². The van der Waals surface area contributed by atoms with Gasteiger partial charge in [0.2, 0.25) is 0 Å². The number of hydrogen-bond acceptors (Lipinski definition) is 2. The van der Waals surface area contributed by atoms with Crippen molar-refractivity contribution in [2.45, 2.75) is 26.7 Å². The molecule has 1 aliphatic rings. The molecule has 0 aromatic heterocycles. The number of benzene rings is 1. The number of nitrogens with zero attached hydrogens (tertiary/aromatic N) is 1. The Morgan fingerprint density at radius 2 is 2.18 bits per heavy atom. The molecule has 1 fully saturated rings. The minimum absolute atomic E-state index is 0.440. The van der Waals surface area contributed by atoms with Crippen LogP contribution in [0, 0.1) is 5.41 Å². The summed E-state index contributed by atoms with van der Waals surface area (Å²) in [5, 5.41) is 0. The van der Waals surface area contributed by atoms with Crippen LogP contribution in [0.2, 0.25) is 0 Å². The lowest BCUT2D eigenvalue weighted by Crippen LogP contribution is -2.23. The summed E-state index contributed by atoms with van der Waals surface area (Å²) in [6.45, 7) is 7.68. The summed E-state index contributed by atoms with van der Waals surface area (Å²) in [5.74, 6) is 0.